The maximum atomic E-state index is 9.31. The summed E-state index contributed by atoms with van der Waals surface area (Å²) in [6, 6.07) is 6.24. The molecule has 1 aromatic carbocycles. The summed E-state index contributed by atoms with van der Waals surface area (Å²) in [5.74, 6) is 0.796. The molecule has 1 saturated carbocycles. The minimum atomic E-state index is -0.171. The van der Waals surface area contributed by atoms with E-state index in [2.05, 4.69) is 10.5 Å². The maximum Gasteiger partial charge on any atom is 0.141 e. The van der Waals surface area contributed by atoms with Gasteiger partial charge in [-0.3, -0.25) is 0 Å². The van der Waals surface area contributed by atoms with Crippen LogP contribution in [0.3, 0.4) is 0 Å². The molecule has 1 aliphatic carbocycles. The lowest BCUT2D eigenvalue weighted by atomic mass is 9.89. The number of aryl methyl sites for hydroxylation is 2. The predicted molar refractivity (Wildman–Crippen MR) is 78.5 cm³/mol. The number of hydrogen-bond acceptors (Lipinski definition) is 5. The van der Waals surface area contributed by atoms with Crippen molar-refractivity contribution in [3.63, 3.8) is 0 Å². The number of nitrogens with zero attached hydrogens (tertiary/aromatic N) is 1. The molecule has 0 radical (unpaired) electrons. The van der Waals surface area contributed by atoms with Crippen LogP contribution >= 0.6 is 0 Å². The first-order valence-corrected chi connectivity index (χ1v) is 6.82. The first kappa shape index (κ1) is 13.0. The van der Waals surface area contributed by atoms with Gasteiger partial charge in [0, 0.05) is 11.6 Å². The number of nitrogens with two attached hydrogens (primary N) is 1. The number of aliphatic hydroxyl groups is 1. The standard InChI is InChI=1S/C15H19N3O2/c1-8-15(9(2)20-18-8)10-3-4-14(13(16)5-10)17-11-6-12(19)7-11/h3-5,11-12,17,19H,6-7,16H2,1-2H3. The Bertz CT molecular complexity index is 611. The van der Waals surface area contributed by atoms with E-state index in [1.165, 1.54) is 0 Å². The average molecular weight is 273 g/mol. The second-order valence-corrected chi connectivity index (χ2v) is 5.47. The summed E-state index contributed by atoms with van der Waals surface area (Å²) in [6.07, 6.45) is 1.39. The van der Waals surface area contributed by atoms with Crippen LogP contribution in [0.4, 0.5) is 11.4 Å². The van der Waals surface area contributed by atoms with Crippen molar-refractivity contribution in [1.29, 1.82) is 0 Å². The molecule has 20 heavy (non-hydrogen) atoms. The summed E-state index contributed by atoms with van der Waals surface area (Å²) < 4.78 is 5.19. The number of aromatic nitrogens is 1. The van der Waals surface area contributed by atoms with Crippen molar-refractivity contribution in [3.05, 3.63) is 29.7 Å². The van der Waals surface area contributed by atoms with E-state index in [4.69, 9.17) is 10.3 Å². The fourth-order valence-corrected chi connectivity index (χ4v) is 2.67. The first-order valence-electron chi connectivity index (χ1n) is 6.82. The van der Waals surface area contributed by atoms with Gasteiger partial charge in [0.1, 0.15) is 5.76 Å². The summed E-state index contributed by atoms with van der Waals surface area (Å²) in [4.78, 5) is 0. The third-order valence-corrected chi connectivity index (χ3v) is 3.85. The van der Waals surface area contributed by atoms with E-state index >= 15 is 0 Å². The van der Waals surface area contributed by atoms with Crippen LogP contribution in [0.5, 0.6) is 0 Å². The predicted octanol–water partition coefficient (Wildman–Crippen LogP) is 2.48. The molecule has 3 rings (SSSR count). The Kier molecular flexibility index (Phi) is 3.14. The maximum absolute atomic E-state index is 9.31. The lowest BCUT2D eigenvalue weighted by molar-refractivity contribution is 0.0837. The zero-order valence-corrected chi connectivity index (χ0v) is 11.7. The second kappa shape index (κ2) is 4.83. The number of nitrogens with one attached hydrogen (secondary N) is 1. The van der Waals surface area contributed by atoms with Crippen molar-refractivity contribution in [2.45, 2.75) is 38.8 Å². The highest BCUT2D eigenvalue weighted by molar-refractivity contribution is 5.77. The first-order chi connectivity index (χ1) is 9.54. The lowest BCUT2D eigenvalue weighted by Gasteiger charge is -2.33. The minimum Gasteiger partial charge on any atom is -0.397 e. The average Bonchev–Trinajstić information content (AvgIpc) is 2.69. The molecule has 4 N–H and O–H groups in total. The Labute approximate surface area is 117 Å². The fraction of sp³-hybridized carbons (Fsp3) is 0.400. The number of hydrogen-bond donors (Lipinski definition) is 3. The van der Waals surface area contributed by atoms with Crippen LogP contribution in [0.15, 0.2) is 22.7 Å². The molecule has 0 spiro atoms. The highest BCUT2D eigenvalue weighted by Gasteiger charge is 2.27. The quantitative estimate of drug-likeness (QED) is 0.748. The van der Waals surface area contributed by atoms with E-state index in [0.29, 0.717) is 11.7 Å². The molecule has 106 valence electrons. The Hall–Kier alpha value is -2.01. The number of aliphatic hydroxyl groups excluding tert-OH is 1. The topological polar surface area (TPSA) is 84.3 Å². The van der Waals surface area contributed by atoms with Gasteiger partial charge in [-0.2, -0.15) is 0 Å². The van der Waals surface area contributed by atoms with Crippen molar-refractivity contribution in [3.8, 4) is 11.1 Å². The third kappa shape index (κ3) is 2.25. The molecule has 5 heteroatoms. The van der Waals surface area contributed by atoms with Gasteiger partial charge in [-0.1, -0.05) is 11.2 Å². The minimum absolute atomic E-state index is 0.171. The molecule has 0 amide bonds. The van der Waals surface area contributed by atoms with Crippen molar-refractivity contribution in [1.82, 2.24) is 5.16 Å². The number of benzene rings is 1. The van der Waals surface area contributed by atoms with Gasteiger partial charge in [0.25, 0.3) is 0 Å². The van der Waals surface area contributed by atoms with Gasteiger partial charge in [0.2, 0.25) is 0 Å². The third-order valence-electron chi connectivity index (χ3n) is 3.85. The second-order valence-electron chi connectivity index (χ2n) is 5.47. The summed E-state index contributed by atoms with van der Waals surface area (Å²) in [5, 5.41) is 16.6. The van der Waals surface area contributed by atoms with E-state index in [-0.39, 0.29) is 6.10 Å². The Morgan fingerprint density at radius 2 is 2.10 bits per heavy atom. The molecule has 0 unspecified atom stereocenters. The molecule has 0 saturated heterocycles. The number of rotatable bonds is 3. The van der Waals surface area contributed by atoms with Crippen LogP contribution in [0, 0.1) is 13.8 Å². The summed E-state index contributed by atoms with van der Waals surface area (Å²) in [7, 11) is 0. The van der Waals surface area contributed by atoms with E-state index in [1.807, 2.05) is 32.0 Å². The van der Waals surface area contributed by atoms with Crippen molar-refractivity contribution in [2.24, 2.45) is 0 Å². The van der Waals surface area contributed by atoms with Crippen molar-refractivity contribution < 1.29 is 9.63 Å². The highest BCUT2D eigenvalue weighted by atomic mass is 16.5. The lowest BCUT2D eigenvalue weighted by Crippen LogP contribution is -2.39. The highest BCUT2D eigenvalue weighted by Crippen LogP contribution is 2.33. The molecule has 1 aromatic heterocycles. The van der Waals surface area contributed by atoms with Gasteiger partial charge < -0.3 is 20.7 Å². The molecule has 0 atom stereocenters. The van der Waals surface area contributed by atoms with Crippen LogP contribution in [-0.4, -0.2) is 22.4 Å². The normalized spacial score (nSPS) is 21.6. The molecule has 1 fully saturated rings. The summed E-state index contributed by atoms with van der Waals surface area (Å²) in [5.41, 5.74) is 10.6. The van der Waals surface area contributed by atoms with Crippen LogP contribution in [-0.2, 0) is 0 Å². The zero-order valence-electron chi connectivity index (χ0n) is 11.7. The molecule has 1 heterocycles. The van der Waals surface area contributed by atoms with Crippen LogP contribution < -0.4 is 11.1 Å². The smallest absolute Gasteiger partial charge is 0.141 e. The van der Waals surface area contributed by atoms with E-state index in [0.717, 1.165) is 41.1 Å². The monoisotopic (exact) mass is 273 g/mol. The van der Waals surface area contributed by atoms with E-state index in [9.17, 15) is 5.11 Å². The van der Waals surface area contributed by atoms with Gasteiger partial charge in [0.05, 0.1) is 23.2 Å². The van der Waals surface area contributed by atoms with Gasteiger partial charge in [-0.05, 0) is 44.4 Å². The van der Waals surface area contributed by atoms with Gasteiger partial charge in [-0.25, -0.2) is 0 Å². The van der Waals surface area contributed by atoms with Gasteiger partial charge in [-0.15, -0.1) is 0 Å². The fourth-order valence-electron chi connectivity index (χ4n) is 2.67. The van der Waals surface area contributed by atoms with Crippen molar-refractivity contribution in [2.75, 3.05) is 11.1 Å². The Balaban J connectivity index is 1.84. The van der Waals surface area contributed by atoms with E-state index < -0.39 is 0 Å². The molecule has 2 aromatic rings. The summed E-state index contributed by atoms with van der Waals surface area (Å²) in [6.45, 7) is 3.82. The van der Waals surface area contributed by atoms with E-state index in [1.54, 1.807) is 0 Å². The summed E-state index contributed by atoms with van der Waals surface area (Å²) >= 11 is 0. The zero-order chi connectivity index (χ0) is 14.3. The molecular formula is C15H19N3O2. The molecule has 1 aliphatic rings. The molecular weight excluding hydrogens is 254 g/mol. The van der Waals surface area contributed by atoms with Gasteiger partial charge >= 0.3 is 0 Å². The van der Waals surface area contributed by atoms with Crippen LogP contribution in [0.1, 0.15) is 24.3 Å². The van der Waals surface area contributed by atoms with Crippen molar-refractivity contribution >= 4 is 11.4 Å². The Morgan fingerprint density at radius 1 is 1.35 bits per heavy atom. The largest absolute Gasteiger partial charge is 0.397 e. The SMILES string of the molecule is Cc1noc(C)c1-c1ccc(NC2CC(O)C2)c(N)c1. The molecule has 0 aliphatic heterocycles. The number of anilines is 2. The molecule has 5 nitrogen and oxygen atoms in total. The molecule has 0 bridgehead atoms. The van der Waals surface area contributed by atoms with Crippen LogP contribution in [0.25, 0.3) is 11.1 Å². The number of nitrogen functional groups attached to an aromatic ring is 1. The van der Waals surface area contributed by atoms with Crippen LogP contribution in [0.2, 0.25) is 0 Å². The Morgan fingerprint density at radius 3 is 2.65 bits per heavy atom. The van der Waals surface area contributed by atoms with Gasteiger partial charge in [0.15, 0.2) is 0 Å².